The Morgan fingerprint density at radius 3 is 2.36 bits per heavy atom. The van der Waals surface area contributed by atoms with Gasteiger partial charge >= 0.3 is 0 Å². The second kappa shape index (κ2) is 18.8. The summed E-state index contributed by atoms with van der Waals surface area (Å²) >= 11 is 0. The van der Waals surface area contributed by atoms with Crippen LogP contribution in [0.5, 0.6) is 0 Å². The molecule has 0 saturated carbocycles. The van der Waals surface area contributed by atoms with E-state index in [1.54, 1.807) is 13.8 Å². The van der Waals surface area contributed by atoms with Gasteiger partial charge in [-0.2, -0.15) is 0 Å². The van der Waals surface area contributed by atoms with Crippen molar-refractivity contribution in [2.75, 3.05) is 13.1 Å². The summed E-state index contributed by atoms with van der Waals surface area (Å²) in [4.78, 5) is 10.9. The van der Waals surface area contributed by atoms with E-state index in [1.807, 2.05) is 32.1 Å². The molecule has 1 radical (unpaired) electrons. The van der Waals surface area contributed by atoms with Crippen LogP contribution in [0.15, 0.2) is 36.0 Å². The van der Waals surface area contributed by atoms with Crippen LogP contribution in [-0.4, -0.2) is 30.2 Å². The van der Waals surface area contributed by atoms with Gasteiger partial charge in [0, 0.05) is 45.4 Å². The van der Waals surface area contributed by atoms with E-state index < -0.39 is 0 Å². The van der Waals surface area contributed by atoms with E-state index in [4.69, 9.17) is 10.8 Å². The number of carbonyl (C=O) groups excluding carboxylic acids is 1. The molecule has 1 unspecified atom stereocenters. The van der Waals surface area contributed by atoms with Crippen LogP contribution >= 0.6 is 0 Å². The Balaban J connectivity index is -0.000000448. The van der Waals surface area contributed by atoms with Crippen LogP contribution < -0.4 is 5.32 Å². The maximum atomic E-state index is 10.9. The number of carbonyl (C=O) groups is 1. The first-order valence-electron chi connectivity index (χ1n) is 7.64. The Hall–Kier alpha value is -0.286. The molecule has 22 heavy (non-hydrogen) atoms. The van der Waals surface area contributed by atoms with Gasteiger partial charge in [0.15, 0.2) is 5.91 Å². The number of hydrogen-bond acceptors (Lipinski definition) is 2. The Morgan fingerprint density at radius 2 is 1.91 bits per heavy atom. The summed E-state index contributed by atoms with van der Waals surface area (Å²) < 4.78 is 0. The maximum absolute atomic E-state index is 10.9. The molecule has 1 rings (SSSR count). The number of amides is 1. The monoisotopic (exact) mass is 384 g/mol. The van der Waals surface area contributed by atoms with Crippen molar-refractivity contribution >= 4 is 5.91 Å². The van der Waals surface area contributed by atoms with Gasteiger partial charge in [0.2, 0.25) is 0 Å². The summed E-state index contributed by atoms with van der Waals surface area (Å²) in [6.45, 7) is 9.89. The molecule has 4 nitrogen and oxygen atoms in total. The van der Waals surface area contributed by atoms with Crippen molar-refractivity contribution in [3.05, 3.63) is 41.7 Å². The largest absolute Gasteiger partial charge is 0.670 e. The number of hydrogen-bond donors (Lipinski definition) is 2. The topological polar surface area (TPSA) is 73.1 Å². The summed E-state index contributed by atoms with van der Waals surface area (Å²) in [5, 5.41) is 10.7. The zero-order valence-electron chi connectivity index (χ0n) is 14.6. The van der Waals surface area contributed by atoms with Crippen molar-refractivity contribution < 1.29 is 42.6 Å². The number of allylic oxidation sites excluding steroid dienone is 4. The van der Waals surface area contributed by atoms with Crippen LogP contribution in [0.2, 0.25) is 0 Å². The van der Waals surface area contributed by atoms with Gasteiger partial charge in [-0.1, -0.05) is 57.7 Å². The fraction of sp³-hybridized carbons (Fsp3) is 0.588. The van der Waals surface area contributed by atoms with Crippen LogP contribution in [0.1, 0.15) is 41.0 Å². The molecule has 1 aliphatic carbocycles. The number of nitrogens with one attached hydrogen (secondary N) is 2. The van der Waals surface area contributed by atoms with Gasteiger partial charge < -0.3 is 16.2 Å². The summed E-state index contributed by atoms with van der Waals surface area (Å²) in [6, 6.07) is 0. The normalized spacial score (nSPS) is 15.3. The number of aliphatic hydroxyl groups is 1. The minimum absolute atomic E-state index is 0. The Labute approximate surface area is 161 Å². The first kappa shape index (κ1) is 26.6. The molecule has 0 aromatic rings. The molecular formula is C17H31N2O2Y-. The van der Waals surface area contributed by atoms with Crippen molar-refractivity contribution in [3.8, 4) is 0 Å². The SMILES string of the molecule is CC.CC(C)O.CCC1C=CC=C(CNC(=O)C[NH-])C=C1.[Y]. The molecule has 0 heterocycles. The van der Waals surface area contributed by atoms with Crippen LogP contribution in [0.3, 0.4) is 0 Å². The van der Waals surface area contributed by atoms with E-state index in [0.29, 0.717) is 12.5 Å². The van der Waals surface area contributed by atoms with Gasteiger partial charge in [-0.25, -0.2) is 0 Å². The fourth-order valence-corrected chi connectivity index (χ4v) is 1.34. The van der Waals surface area contributed by atoms with E-state index >= 15 is 0 Å². The minimum atomic E-state index is -0.232. The third kappa shape index (κ3) is 17.8. The third-order valence-corrected chi connectivity index (χ3v) is 2.35. The van der Waals surface area contributed by atoms with Crippen LogP contribution in [0, 0.1) is 5.92 Å². The maximum Gasteiger partial charge on any atom is 0.199 e. The molecule has 3 N–H and O–H groups in total. The van der Waals surface area contributed by atoms with E-state index in [9.17, 15) is 4.79 Å². The summed E-state index contributed by atoms with van der Waals surface area (Å²) in [7, 11) is 0. The second-order valence-electron chi connectivity index (χ2n) is 4.60. The van der Waals surface area contributed by atoms with Gasteiger partial charge in [0.05, 0.1) is 0 Å². The van der Waals surface area contributed by atoms with E-state index in [1.165, 1.54) is 0 Å². The van der Waals surface area contributed by atoms with Crippen LogP contribution in [0.4, 0.5) is 0 Å². The Bertz CT molecular complexity index is 348. The van der Waals surface area contributed by atoms with Crippen molar-refractivity contribution in [1.82, 2.24) is 5.32 Å². The molecule has 0 aromatic carbocycles. The predicted molar refractivity (Wildman–Crippen MR) is 91.0 cm³/mol. The van der Waals surface area contributed by atoms with Gasteiger partial charge in [-0.15, -0.1) is 0 Å². The number of aliphatic hydroxyl groups excluding tert-OH is 1. The van der Waals surface area contributed by atoms with Gasteiger partial charge in [0.1, 0.15) is 0 Å². The molecular weight excluding hydrogens is 353 g/mol. The van der Waals surface area contributed by atoms with Crippen molar-refractivity contribution in [3.63, 3.8) is 0 Å². The van der Waals surface area contributed by atoms with E-state index in [-0.39, 0.29) is 51.3 Å². The number of rotatable bonds is 4. The molecule has 0 saturated heterocycles. The van der Waals surface area contributed by atoms with Crippen LogP contribution in [0.25, 0.3) is 5.73 Å². The molecule has 1 atom stereocenters. The zero-order chi connectivity index (χ0) is 16.7. The smallest absolute Gasteiger partial charge is 0.199 e. The molecule has 0 spiro atoms. The average molecular weight is 384 g/mol. The van der Waals surface area contributed by atoms with Crippen molar-refractivity contribution in [2.45, 2.75) is 47.1 Å². The van der Waals surface area contributed by atoms with Gasteiger partial charge in [-0.3, -0.25) is 4.79 Å². The molecule has 0 fully saturated rings. The minimum Gasteiger partial charge on any atom is -0.670 e. The molecule has 1 aliphatic rings. The Kier molecular flexibility index (Phi) is 22.7. The summed E-state index contributed by atoms with van der Waals surface area (Å²) in [5.74, 6) is 0.259. The molecule has 1 amide bonds. The molecule has 0 aliphatic heterocycles. The van der Waals surface area contributed by atoms with Gasteiger partial charge in [-0.05, 0) is 31.8 Å². The first-order chi connectivity index (χ1) is 9.99. The predicted octanol–water partition coefficient (Wildman–Crippen LogP) is 3.64. The van der Waals surface area contributed by atoms with Crippen molar-refractivity contribution in [1.29, 1.82) is 0 Å². The quantitative estimate of drug-likeness (QED) is 0.777. The molecule has 5 heteroatoms. The van der Waals surface area contributed by atoms with E-state index in [0.717, 1.165) is 12.0 Å². The third-order valence-electron chi connectivity index (χ3n) is 2.35. The van der Waals surface area contributed by atoms with E-state index in [2.05, 4.69) is 24.4 Å². The first-order valence-corrected chi connectivity index (χ1v) is 7.64. The molecule has 0 bridgehead atoms. The summed E-state index contributed by atoms with van der Waals surface area (Å²) in [6.07, 6.45) is 11.3. The molecule has 0 aromatic heterocycles. The Morgan fingerprint density at radius 1 is 1.36 bits per heavy atom. The average Bonchev–Trinajstić information content (AvgIpc) is 2.71. The van der Waals surface area contributed by atoms with Crippen molar-refractivity contribution in [2.24, 2.45) is 5.92 Å². The summed E-state index contributed by atoms with van der Waals surface area (Å²) in [5.41, 5.74) is 7.94. The zero-order valence-corrected chi connectivity index (χ0v) is 17.4. The second-order valence-corrected chi connectivity index (χ2v) is 4.60. The molecule has 125 valence electrons. The van der Waals surface area contributed by atoms with Gasteiger partial charge in [0.25, 0.3) is 0 Å². The standard InChI is InChI=1S/C12H17N2O.C3H8O.C2H6.Y/c1-2-10-4-3-5-11(7-6-10)9-14-12(15)8-13;1-3(2)4;1-2;/h3-7,10,13H,2,8-9H2,1H3,(H,14,15);3-4H,1-2H3;1-2H3;/q-1;;;. The van der Waals surface area contributed by atoms with Crippen LogP contribution in [-0.2, 0) is 37.5 Å². The fourth-order valence-electron chi connectivity index (χ4n) is 1.34.